The second-order valence-electron chi connectivity index (χ2n) is 7.63. The molecule has 0 spiro atoms. The van der Waals surface area contributed by atoms with E-state index < -0.39 is 56.1 Å². The van der Waals surface area contributed by atoms with Crippen molar-refractivity contribution in [2.75, 3.05) is 18.5 Å². The van der Waals surface area contributed by atoms with Crippen LogP contribution in [0.5, 0.6) is 11.5 Å². The van der Waals surface area contributed by atoms with Crippen molar-refractivity contribution >= 4 is 33.2 Å². The van der Waals surface area contributed by atoms with Crippen LogP contribution < -0.4 is 13.8 Å². The molecule has 3 aromatic rings. The summed E-state index contributed by atoms with van der Waals surface area (Å²) in [5, 5.41) is 0.0182. The number of nitrogens with zero attached hydrogens (tertiary/aromatic N) is 1. The Morgan fingerprint density at radius 1 is 0.972 bits per heavy atom. The van der Waals surface area contributed by atoms with Gasteiger partial charge < -0.3 is 9.47 Å². The van der Waals surface area contributed by atoms with Gasteiger partial charge in [0.15, 0.2) is 11.5 Å². The molecule has 192 valence electrons. The van der Waals surface area contributed by atoms with Crippen LogP contribution in [-0.2, 0) is 21.2 Å². The maximum absolute atomic E-state index is 14.4. The summed E-state index contributed by atoms with van der Waals surface area (Å²) in [4.78, 5) is 12.3. The summed E-state index contributed by atoms with van der Waals surface area (Å²) < 4.78 is 94.5. The smallest absolute Gasteiger partial charge is 0.323 e. The van der Waals surface area contributed by atoms with Crippen LogP contribution in [0.1, 0.15) is 18.1 Å². The Kier molecular flexibility index (Phi) is 7.85. The third-order valence-corrected chi connectivity index (χ3v) is 7.07. The standard InChI is InChI=1S/C24H20ClF4NO5S/c1-24(28,29)23(31)30(36(32,33)16-8-10-21(34-2)22(13-16)35-3)20-9-7-15(25)11-14(20)12-17-18(26)5-4-6-19(17)27/h4-11,13H,12H2,1-3H3. The van der Waals surface area contributed by atoms with Gasteiger partial charge in [-0.2, -0.15) is 13.1 Å². The monoisotopic (exact) mass is 545 g/mol. The Morgan fingerprint density at radius 2 is 1.58 bits per heavy atom. The number of carbonyl (C=O) groups is 1. The summed E-state index contributed by atoms with van der Waals surface area (Å²) in [6, 6.07) is 9.65. The van der Waals surface area contributed by atoms with Crippen LogP contribution in [0.15, 0.2) is 59.5 Å². The number of methoxy groups -OCH3 is 2. The van der Waals surface area contributed by atoms with Gasteiger partial charge >= 0.3 is 11.8 Å². The molecule has 0 aromatic heterocycles. The Morgan fingerprint density at radius 3 is 2.14 bits per heavy atom. The number of rotatable bonds is 8. The van der Waals surface area contributed by atoms with Crippen molar-refractivity contribution in [2.24, 2.45) is 0 Å². The SMILES string of the molecule is COc1ccc(S(=O)(=O)N(C(=O)C(C)(F)F)c2ccc(Cl)cc2Cc2c(F)cccc2F)cc1OC. The van der Waals surface area contributed by atoms with Gasteiger partial charge in [-0.1, -0.05) is 17.7 Å². The zero-order valence-corrected chi connectivity index (χ0v) is 20.8. The van der Waals surface area contributed by atoms with Crippen LogP contribution in [0.4, 0.5) is 23.2 Å². The van der Waals surface area contributed by atoms with E-state index in [9.17, 15) is 30.8 Å². The maximum Gasteiger partial charge on any atom is 0.323 e. The number of sulfonamides is 1. The van der Waals surface area contributed by atoms with E-state index in [1.165, 1.54) is 20.3 Å². The Hall–Kier alpha value is -3.31. The topological polar surface area (TPSA) is 72.9 Å². The van der Waals surface area contributed by atoms with Gasteiger partial charge in [0.2, 0.25) is 0 Å². The first kappa shape index (κ1) is 27.3. The Balaban J connectivity index is 2.27. The lowest BCUT2D eigenvalue weighted by atomic mass is 10.0. The number of amides is 1. The van der Waals surface area contributed by atoms with Crippen molar-refractivity contribution in [3.63, 3.8) is 0 Å². The fraction of sp³-hybridized carbons (Fsp3) is 0.208. The van der Waals surface area contributed by atoms with Gasteiger partial charge in [-0.05, 0) is 48.0 Å². The minimum atomic E-state index is -5.00. The van der Waals surface area contributed by atoms with Crippen molar-refractivity contribution in [1.82, 2.24) is 0 Å². The highest BCUT2D eigenvalue weighted by Gasteiger charge is 2.44. The molecule has 0 N–H and O–H groups in total. The summed E-state index contributed by atoms with van der Waals surface area (Å²) in [6.45, 7) is 0.235. The van der Waals surface area contributed by atoms with Crippen molar-refractivity contribution in [3.8, 4) is 11.5 Å². The van der Waals surface area contributed by atoms with Gasteiger partial charge in [-0.25, -0.2) is 17.2 Å². The van der Waals surface area contributed by atoms with E-state index in [2.05, 4.69) is 0 Å². The van der Waals surface area contributed by atoms with E-state index >= 15 is 0 Å². The summed E-state index contributed by atoms with van der Waals surface area (Å²) in [7, 11) is -2.46. The van der Waals surface area contributed by atoms with Crippen molar-refractivity contribution in [1.29, 1.82) is 0 Å². The highest BCUT2D eigenvalue weighted by atomic mass is 35.5. The van der Waals surface area contributed by atoms with Crippen LogP contribution in [0.25, 0.3) is 0 Å². The number of alkyl halides is 2. The average Bonchev–Trinajstić information content (AvgIpc) is 2.81. The number of ether oxygens (including phenoxy) is 2. The molecule has 0 unspecified atom stereocenters. The number of benzene rings is 3. The van der Waals surface area contributed by atoms with Gasteiger partial charge in [0.25, 0.3) is 10.0 Å². The number of hydrogen-bond acceptors (Lipinski definition) is 5. The van der Waals surface area contributed by atoms with E-state index in [0.717, 1.165) is 48.5 Å². The molecule has 1 amide bonds. The molecule has 0 saturated carbocycles. The van der Waals surface area contributed by atoms with Crippen molar-refractivity contribution in [2.45, 2.75) is 24.2 Å². The lowest BCUT2D eigenvalue weighted by Gasteiger charge is -2.27. The quantitative estimate of drug-likeness (QED) is 0.344. The molecule has 0 aliphatic heterocycles. The highest BCUT2D eigenvalue weighted by molar-refractivity contribution is 7.93. The second kappa shape index (κ2) is 10.4. The molecule has 12 heteroatoms. The summed E-state index contributed by atoms with van der Waals surface area (Å²) in [6.07, 6.45) is -0.588. The van der Waals surface area contributed by atoms with Gasteiger partial charge in [-0.15, -0.1) is 0 Å². The van der Waals surface area contributed by atoms with Gasteiger partial charge in [0, 0.05) is 30.0 Å². The number of halogens is 5. The van der Waals surface area contributed by atoms with Crippen LogP contribution in [0.3, 0.4) is 0 Å². The fourth-order valence-corrected chi connectivity index (χ4v) is 5.11. The van der Waals surface area contributed by atoms with E-state index in [0.29, 0.717) is 0 Å². The molecule has 0 heterocycles. The number of hydrogen-bond donors (Lipinski definition) is 0. The predicted molar refractivity (Wildman–Crippen MR) is 125 cm³/mol. The average molecular weight is 546 g/mol. The van der Waals surface area contributed by atoms with Crippen LogP contribution >= 0.6 is 11.6 Å². The first-order valence-electron chi connectivity index (χ1n) is 10.2. The first-order chi connectivity index (χ1) is 16.8. The minimum Gasteiger partial charge on any atom is -0.493 e. The summed E-state index contributed by atoms with van der Waals surface area (Å²) >= 11 is 6.02. The third-order valence-electron chi connectivity index (χ3n) is 5.14. The molecule has 3 rings (SSSR count). The third kappa shape index (κ3) is 5.41. The van der Waals surface area contributed by atoms with Gasteiger partial charge in [0.1, 0.15) is 11.6 Å². The molecular formula is C24H20ClF4NO5S. The summed E-state index contributed by atoms with van der Waals surface area (Å²) in [5.41, 5.74) is -1.21. The first-order valence-corrected chi connectivity index (χ1v) is 12.0. The molecule has 0 aliphatic rings. The number of anilines is 1. The Labute approximate surface area is 210 Å². The lowest BCUT2D eigenvalue weighted by Crippen LogP contribution is -2.46. The van der Waals surface area contributed by atoms with Gasteiger partial charge in [0.05, 0.1) is 24.8 Å². The highest BCUT2D eigenvalue weighted by Crippen LogP contribution is 2.37. The summed E-state index contributed by atoms with van der Waals surface area (Å²) in [5.74, 6) is -8.03. The molecular weight excluding hydrogens is 526 g/mol. The molecule has 0 fully saturated rings. The molecule has 6 nitrogen and oxygen atoms in total. The largest absolute Gasteiger partial charge is 0.493 e. The molecule has 0 aliphatic carbocycles. The van der Waals surface area contributed by atoms with E-state index in [1.54, 1.807) is 0 Å². The van der Waals surface area contributed by atoms with Crippen molar-refractivity contribution in [3.05, 3.63) is 82.4 Å². The fourth-order valence-electron chi connectivity index (χ4n) is 3.39. The Bertz CT molecular complexity index is 1390. The van der Waals surface area contributed by atoms with Crippen LogP contribution in [-0.4, -0.2) is 34.5 Å². The molecule has 0 saturated heterocycles. The molecule has 0 atom stereocenters. The molecule has 36 heavy (non-hydrogen) atoms. The van der Waals surface area contributed by atoms with Crippen molar-refractivity contribution < 1.29 is 40.2 Å². The number of carbonyl (C=O) groups excluding carboxylic acids is 1. The molecule has 3 aromatic carbocycles. The minimum absolute atomic E-state index is 0.0182. The van der Waals surface area contributed by atoms with Gasteiger partial charge in [-0.3, -0.25) is 4.79 Å². The van der Waals surface area contributed by atoms with E-state index in [-0.39, 0.29) is 33.3 Å². The normalized spacial score (nSPS) is 11.8. The van der Waals surface area contributed by atoms with Crippen LogP contribution in [0, 0.1) is 11.6 Å². The molecule has 0 radical (unpaired) electrons. The van der Waals surface area contributed by atoms with E-state index in [4.69, 9.17) is 21.1 Å². The maximum atomic E-state index is 14.4. The van der Waals surface area contributed by atoms with E-state index in [1.807, 2.05) is 0 Å². The predicted octanol–water partition coefficient (Wildman–Crippen LogP) is 5.60. The molecule has 0 bridgehead atoms. The van der Waals surface area contributed by atoms with Crippen LogP contribution in [0.2, 0.25) is 5.02 Å². The lowest BCUT2D eigenvalue weighted by molar-refractivity contribution is -0.138. The second-order valence-corrected chi connectivity index (χ2v) is 9.85. The zero-order chi connectivity index (χ0) is 26.8. The zero-order valence-electron chi connectivity index (χ0n) is 19.2.